The van der Waals surface area contributed by atoms with Crippen molar-refractivity contribution in [1.29, 1.82) is 0 Å². The zero-order chi connectivity index (χ0) is 17.8. The van der Waals surface area contributed by atoms with Crippen LogP contribution in [-0.4, -0.2) is 36.8 Å². The highest BCUT2D eigenvalue weighted by Gasteiger charge is 2.74. The minimum Gasteiger partial charge on any atom is -0.463 e. The van der Waals surface area contributed by atoms with Crippen molar-refractivity contribution >= 4 is 5.97 Å². The molecule has 0 rings (SSSR count). The van der Waals surface area contributed by atoms with E-state index < -0.39 is 36.2 Å². The topological polar surface area (TPSA) is 26.3 Å². The molecule has 0 heterocycles. The Morgan fingerprint density at radius 3 is 2.05 bits per heavy atom. The van der Waals surface area contributed by atoms with Gasteiger partial charge in [-0.1, -0.05) is 12.2 Å². The Labute approximate surface area is 120 Å². The largest absolute Gasteiger partial charge is 0.463 e. The van der Waals surface area contributed by atoms with Gasteiger partial charge in [-0.3, -0.25) is 0 Å². The molecule has 0 aliphatic carbocycles. The minimum absolute atomic E-state index is 0.0391. The van der Waals surface area contributed by atoms with Gasteiger partial charge in [0.2, 0.25) is 0 Å². The third kappa shape index (κ3) is 4.20. The fraction of sp³-hybridized carbons (Fsp3) is 0.583. The van der Waals surface area contributed by atoms with Crippen LogP contribution in [0.4, 0.5) is 35.1 Å². The van der Waals surface area contributed by atoms with E-state index in [0.717, 1.165) is 6.92 Å². The molecule has 0 aliphatic heterocycles. The summed E-state index contributed by atoms with van der Waals surface area (Å²) >= 11 is 0. The van der Waals surface area contributed by atoms with Crippen molar-refractivity contribution in [2.75, 3.05) is 6.61 Å². The van der Waals surface area contributed by atoms with Crippen LogP contribution in [0.5, 0.6) is 0 Å². The predicted molar refractivity (Wildman–Crippen MR) is 60.4 cm³/mol. The molecule has 0 bridgehead atoms. The zero-order valence-electron chi connectivity index (χ0n) is 11.4. The number of hydrogen-bond acceptors (Lipinski definition) is 2. The molecule has 0 aromatic rings. The fourth-order valence-electron chi connectivity index (χ4n) is 1.09. The SMILES string of the molecule is CCOC(=O)C(C)=CC=CC(F)(F)C(F)(F)C(F)(F)C(F)F. The molecule has 0 spiro atoms. The van der Waals surface area contributed by atoms with Crippen LogP contribution in [0.15, 0.2) is 23.8 Å². The first kappa shape index (κ1) is 20.4. The molecule has 0 radical (unpaired) electrons. The maximum absolute atomic E-state index is 13.1. The number of alkyl halides is 8. The van der Waals surface area contributed by atoms with Crippen molar-refractivity contribution in [2.24, 2.45) is 0 Å². The smallest absolute Gasteiger partial charge is 0.381 e. The van der Waals surface area contributed by atoms with Gasteiger partial charge in [0, 0.05) is 5.57 Å². The van der Waals surface area contributed by atoms with E-state index in [0.29, 0.717) is 6.08 Å². The fourth-order valence-corrected chi connectivity index (χ4v) is 1.09. The number of esters is 1. The number of ether oxygens (including phenoxy) is 1. The van der Waals surface area contributed by atoms with Crippen LogP contribution in [0.25, 0.3) is 0 Å². The quantitative estimate of drug-likeness (QED) is 0.300. The monoisotopic (exact) mass is 340 g/mol. The highest BCUT2D eigenvalue weighted by Crippen LogP contribution is 2.49. The van der Waals surface area contributed by atoms with Gasteiger partial charge in [-0.05, 0) is 19.9 Å². The van der Waals surface area contributed by atoms with Crippen molar-refractivity contribution < 1.29 is 44.7 Å². The molecule has 0 aliphatic rings. The van der Waals surface area contributed by atoms with E-state index in [4.69, 9.17) is 0 Å². The number of halogens is 8. The van der Waals surface area contributed by atoms with Gasteiger partial charge in [-0.25, -0.2) is 13.6 Å². The first-order chi connectivity index (χ1) is 9.81. The Bertz CT molecular complexity index is 454. The molecule has 0 fully saturated rings. The normalized spacial score (nSPS) is 14.8. The van der Waals surface area contributed by atoms with Gasteiger partial charge in [-0.2, -0.15) is 26.3 Å². The first-order valence-corrected chi connectivity index (χ1v) is 5.76. The van der Waals surface area contributed by atoms with Gasteiger partial charge in [-0.15, -0.1) is 0 Å². The van der Waals surface area contributed by atoms with Crippen LogP contribution in [0, 0.1) is 0 Å². The molecule has 10 heteroatoms. The van der Waals surface area contributed by atoms with Gasteiger partial charge in [0.05, 0.1) is 6.61 Å². The minimum atomic E-state index is -6.31. The summed E-state index contributed by atoms with van der Waals surface area (Å²) in [5, 5.41) is 0. The number of hydrogen-bond donors (Lipinski definition) is 0. The predicted octanol–water partition coefficient (Wildman–Crippen LogP) is 4.22. The number of rotatable bonds is 7. The maximum Gasteiger partial charge on any atom is 0.381 e. The summed E-state index contributed by atoms with van der Waals surface area (Å²) in [6, 6.07) is 0. The van der Waals surface area contributed by atoms with Crippen molar-refractivity contribution in [3.05, 3.63) is 23.8 Å². The second kappa shape index (κ2) is 7.10. The second-order valence-corrected chi connectivity index (χ2v) is 4.05. The summed E-state index contributed by atoms with van der Waals surface area (Å²) < 4.78 is 105. The highest BCUT2D eigenvalue weighted by atomic mass is 19.4. The van der Waals surface area contributed by atoms with E-state index in [1.807, 2.05) is 0 Å². The summed E-state index contributed by atoms with van der Waals surface area (Å²) in [6.45, 7) is 2.50. The standard InChI is InChI=1S/C12H12F8O2/c1-3-22-8(21)7(2)5-4-6-10(15,16)12(19,20)11(17,18)9(13)14/h4-6,9H,3H2,1-2H3. The van der Waals surface area contributed by atoms with Crippen molar-refractivity contribution in [3.8, 4) is 0 Å². The number of carbonyl (C=O) groups excluding carboxylic acids is 1. The summed E-state index contributed by atoms with van der Waals surface area (Å²) in [5.74, 6) is -19.0. The Kier molecular flexibility index (Phi) is 6.58. The van der Waals surface area contributed by atoms with Crippen LogP contribution in [0.3, 0.4) is 0 Å². The molecule has 2 nitrogen and oxygen atoms in total. The van der Waals surface area contributed by atoms with Gasteiger partial charge >= 0.3 is 30.2 Å². The Balaban J connectivity index is 5.30. The first-order valence-electron chi connectivity index (χ1n) is 5.76. The summed E-state index contributed by atoms with van der Waals surface area (Å²) in [5.41, 5.74) is -0.280. The molecular weight excluding hydrogens is 328 g/mol. The van der Waals surface area contributed by atoms with Gasteiger partial charge in [0.1, 0.15) is 0 Å². The van der Waals surface area contributed by atoms with Crippen LogP contribution in [0.2, 0.25) is 0 Å². The molecule has 0 amide bonds. The van der Waals surface area contributed by atoms with Crippen LogP contribution >= 0.6 is 0 Å². The second-order valence-electron chi connectivity index (χ2n) is 4.05. The molecule has 0 atom stereocenters. The number of allylic oxidation sites excluding steroid dienone is 3. The average molecular weight is 340 g/mol. The van der Waals surface area contributed by atoms with E-state index in [2.05, 4.69) is 4.74 Å². The lowest BCUT2D eigenvalue weighted by Crippen LogP contribution is -2.56. The van der Waals surface area contributed by atoms with E-state index in [9.17, 15) is 39.9 Å². The molecule has 0 unspecified atom stereocenters. The van der Waals surface area contributed by atoms with Gasteiger partial charge in [0.15, 0.2) is 0 Å². The summed E-state index contributed by atoms with van der Waals surface area (Å²) in [7, 11) is 0. The summed E-state index contributed by atoms with van der Waals surface area (Å²) in [6.07, 6.45) is -4.88. The van der Waals surface area contributed by atoms with E-state index in [-0.39, 0.29) is 18.3 Å². The van der Waals surface area contributed by atoms with Crippen LogP contribution in [0.1, 0.15) is 13.8 Å². The van der Waals surface area contributed by atoms with E-state index >= 15 is 0 Å². The van der Waals surface area contributed by atoms with Crippen molar-refractivity contribution in [3.63, 3.8) is 0 Å². The zero-order valence-corrected chi connectivity index (χ0v) is 11.4. The van der Waals surface area contributed by atoms with Crippen molar-refractivity contribution in [2.45, 2.75) is 38.0 Å². The molecule has 0 saturated heterocycles. The van der Waals surface area contributed by atoms with E-state index in [1.54, 1.807) is 0 Å². The Morgan fingerprint density at radius 2 is 1.64 bits per heavy atom. The molecule has 0 aromatic heterocycles. The Morgan fingerprint density at radius 1 is 1.14 bits per heavy atom. The van der Waals surface area contributed by atoms with Gasteiger partial charge in [0.25, 0.3) is 0 Å². The van der Waals surface area contributed by atoms with Gasteiger partial charge < -0.3 is 4.74 Å². The van der Waals surface area contributed by atoms with Crippen LogP contribution in [-0.2, 0) is 9.53 Å². The molecular formula is C12H12F8O2. The lowest BCUT2D eigenvalue weighted by Gasteiger charge is -2.30. The molecule has 0 saturated carbocycles. The van der Waals surface area contributed by atoms with E-state index in [1.165, 1.54) is 6.92 Å². The molecule has 0 N–H and O–H groups in total. The summed E-state index contributed by atoms with van der Waals surface area (Å²) in [4.78, 5) is 11.1. The third-order valence-corrected chi connectivity index (χ3v) is 2.36. The molecule has 128 valence electrons. The maximum atomic E-state index is 13.1. The molecule has 22 heavy (non-hydrogen) atoms. The highest BCUT2D eigenvalue weighted by molar-refractivity contribution is 5.88. The lowest BCUT2D eigenvalue weighted by atomic mass is 10.0. The van der Waals surface area contributed by atoms with Crippen molar-refractivity contribution in [1.82, 2.24) is 0 Å². The average Bonchev–Trinajstić information content (AvgIpc) is 2.37. The Hall–Kier alpha value is -1.61. The lowest BCUT2D eigenvalue weighted by molar-refractivity contribution is -0.325. The number of carbonyl (C=O) groups is 1. The third-order valence-electron chi connectivity index (χ3n) is 2.36. The van der Waals surface area contributed by atoms with Crippen LogP contribution < -0.4 is 0 Å². The molecule has 0 aromatic carbocycles.